The lowest BCUT2D eigenvalue weighted by Crippen LogP contribution is -1.47. The lowest BCUT2D eigenvalue weighted by molar-refractivity contribution is 2.25. The Labute approximate surface area is 88.7 Å². The molecule has 52 valence electrons. The van der Waals surface area contributed by atoms with E-state index in [1.807, 2.05) is 0 Å². The fourth-order valence-corrected chi connectivity index (χ4v) is 0. The molecule has 0 aliphatic heterocycles. The molecule has 0 rings (SSSR count). The van der Waals surface area contributed by atoms with Crippen LogP contribution in [0.1, 0.15) is 0 Å². The topological polar surface area (TPSA) is 0 Å². The highest BCUT2D eigenvalue weighted by molar-refractivity contribution is 8.93. The highest BCUT2D eigenvalue weighted by Gasteiger charge is 1.88. The molecule has 0 aromatic carbocycles. The van der Waals surface area contributed by atoms with Gasteiger partial charge in [-0.15, -0.1) is 34.0 Å². The van der Waals surface area contributed by atoms with Crippen LogP contribution in [-0.2, 0) is 0 Å². The maximum atomic E-state index is 4.99. The predicted molar refractivity (Wildman–Crippen MR) is 51.1 cm³/mol. The first-order chi connectivity index (χ1) is 2.64. The minimum atomic E-state index is -0.0988. The van der Waals surface area contributed by atoms with Gasteiger partial charge in [0.25, 0.3) is 0 Å². The van der Waals surface area contributed by atoms with Gasteiger partial charge in [-0.3, -0.25) is 0 Å². The molecule has 0 aliphatic rings. The molecule has 0 atom stereocenters. The summed E-state index contributed by atoms with van der Waals surface area (Å²) in [5, 5.41) is 0. The van der Waals surface area contributed by atoms with Crippen LogP contribution in [0, 0.1) is 0 Å². The zero-order valence-corrected chi connectivity index (χ0v) is 9.78. The Morgan fingerprint density at radius 3 is 0.750 bits per heavy atom. The number of hydrogen-bond donors (Lipinski definition) is 0. The van der Waals surface area contributed by atoms with Gasteiger partial charge in [0.1, 0.15) is 8.98 Å². The van der Waals surface area contributed by atoms with Crippen molar-refractivity contribution in [2.24, 2.45) is 0 Å². The van der Waals surface area contributed by atoms with Gasteiger partial charge in [0.05, 0.1) is 0 Å². The Balaban J connectivity index is -0.000000125. The maximum Gasteiger partial charge on any atom is 0.136 e. The zero-order chi connectivity index (χ0) is 5.15. The van der Waals surface area contributed by atoms with Crippen LogP contribution in [0.3, 0.4) is 0 Å². The first-order valence-corrected chi connectivity index (χ1v) is 2.52. The molecule has 6 heteroatoms. The van der Waals surface area contributed by atoms with Crippen LogP contribution < -0.4 is 0 Å². The third-order valence-corrected chi connectivity index (χ3v) is 1.29. The van der Waals surface area contributed by atoms with Gasteiger partial charge in [-0.05, 0) is 0 Å². The minimum absolute atomic E-state index is 0. The van der Waals surface area contributed by atoms with Gasteiger partial charge in [0.15, 0.2) is 0 Å². The Morgan fingerprint density at radius 1 is 0.625 bits per heavy atom. The first kappa shape index (κ1) is 16.4. The fourth-order valence-electron chi connectivity index (χ4n) is 0. The van der Waals surface area contributed by atoms with E-state index in [0.29, 0.717) is 0 Å². The van der Waals surface area contributed by atoms with E-state index in [1.54, 1.807) is 0 Å². The molecule has 8 heavy (non-hydrogen) atoms. The predicted octanol–water partition coefficient (Wildman–Crippen LogP) is 4.22. The van der Waals surface area contributed by atoms with Crippen molar-refractivity contribution in [3.63, 3.8) is 0 Å². The van der Waals surface area contributed by atoms with E-state index in [0.717, 1.165) is 0 Å². The molecule has 0 saturated heterocycles. The largest absolute Gasteiger partial charge is 0.136 e. The summed E-state index contributed by atoms with van der Waals surface area (Å²) < 4.78 is -0.198. The van der Waals surface area contributed by atoms with Gasteiger partial charge in [-0.25, -0.2) is 0 Å². The van der Waals surface area contributed by atoms with Crippen molar-refractivity contribution in [2.45, 2.75) is 0 Å². The number of rotatable bonds is 0. The molecule has 0 nitrogen and oxygen atoms in total. The minimum Gasteiger partial charge on any atom is -0.114 e. The van der Waals surface area contributed by atoms with Crippen molar-refractivity contribution in [2.75, 3.05) is 0 Å². The van der Waals surface area contributed by atoms with Crippen LogP contribution in [0.5, 0.6) is 0 Å². The van der Waals surface area contributed by atoms with E-state index >= 15 is 0 Å². The molecule has 0 aromatic heterocycles. The van der Waals surface area contributed by atoms with Crippen molar-refractivity contribution >= 4 is 80.4 Å². The third kappa shape index (κ3) is 10.8. The van der Waals surface area contributed by atoms with Crippen molar-refractivity contribution in [1.82, 2.24) is 0 Å². The summed E-state index contributed by atoms with van der Waals surface area (Å²) >= 11 is 20.0. The third-order valence-electron chi connectivity index (χ3n) is 0.143. The Bertz CT molecular complexity index is 62.1. The molecule has 0 amide bonds. The van der Waals surface area contributed by atoms with Crippen LogP contribution in [0.15, 0.2) is 8.98 Å². The highest BCUT2D eigenvalue weighted by atomic mass is 79.9. The summed E-state index contributed by atoms with van der Waals surface area (Å²) in [7, 11) is 0. The molecule has 0 N–H and O–H groups in total. The van der Waals surface area contributed by atoms with E-state index in [1.165, 1.54) is 0 Å². The second-order valence-electron chi connectivity index (χ2n) is 0.521. The van der Waals surface area contributed by atoms with Gasteiger partial charge in [-0.2, -0.15) is 0 Å². The molecule has 0 aromatic rings. The molecule has 0 heterocycles. The normalized spacial score (nSPS) is 6.00. The first-order valence-electron chi connectivity index (χ1n) is 1.01. The number of halogens is 6. The molecule has 0 saturated carbocycles. The van der Waals surface area contributed by atoms with E-state index in [-0.39, 0.29) is 42.9 Å². The molecule has 0 radical (unpaired) electrons. The van der Waals surface area contributed by atoms with E-state index in [4.69, 9.17) is 46.4 Å². The zero-order valence-electron chi connectivity index (χ0n) is 3.33. The van der Waals surface area contributed by atoms with Gasteiger partial charge >= 0.3 is 0 Å². The SMILES string of the molecule is Br.Br.ClC(Cl)=C(Cl)Cl. The van der Waals surface area contributed by atoms with Crippen molar-refractivity contribution in [3.05, 3.63) is 8.98 Å². The van der Waals surface area contributed by atoms with E-state index < -0.39 is 0 Å². The molecule has 0 unspecified atom stereocenters. The lowest BCUT2D eigenvalue weighted by atomic mass is 11.2. The van der Waals surface area contributed by atoms with Crippen LogP contribution >= 0.6 is 80.4 Å². The van der Waals surface area contributed by atoms with E-state index in [2.05, 4.69) is 0 Å². The molecular weight excluding hydrogens is 326 g/mol. The van der Waals surface area contributed by atoms with Crippen molar-refractivity contribution < 1.29 is 0 Å². The molecule has 0 fully saturated rings. The molecule has 0 spiro atoms. The van der Waals surface area contributed by atoms with Gasteiger partial charge < -0.3 is 0 Å². The van der Waals surface area contributed by atoms with Crippen molar-refractivity contribution in [3.8, 4) is 0 Å². The van der Waals surface area contributed by atoms with Crippen LogP contribution in [0.4, 0.5) is 0 Å². The highest BCUT2D eigenvalue weighted by Crippen LogP contribution is 2.20. The summed E-state index contributed by atoms with van der Waals surface area (Å²) in [5.41, 5.74) is 0. The molecule has 0 bridgehead atoms. The quantitative estimate of drug-likeness (QED) is 0.625. The fraction of sp³-hybridized carbons (Fsp3) is 0. The second-order valence-corrected chi connectivity index (χ2v) is 2.42. The van der Waals surface area contributed by atoms with Crippen LogP contribution in [-0.4, -0.2) is 0 Å². The van der Waals surface area contributed by atoms with Gasteiger partial charge in [0, 0.05) is 0 Å². The molecular formula is C2H2Br2Cl4. The van der Waals surface area contributed by atoms with Crippen LogP contribution in [0.25, 0.3) is 0 Å². The van der Waals surface area contributed by atoms with E-state index in [9.17, 15) is 0 Å². The Morgan fingerprint density at radius 2 is 0.750 bits per heavy atom. The summed E-state index contributed by atoms with van der Waals surface area (Å²) in [6.07, 6.45) is 0. The summed E-state index contributed by atoms with van der Waals surface area (Å²) in [6.45, 7) is 0. The summed E-state index contributed by atoms with van der Waals surface area (Å²) in [4.78, 5) is 0. The summed E-state index contributed by atoms with van der Waals surface area (Å²) in [6, 6.07) is 0. The number of hydrogen-bond acceptors (Lipinski definition) is 0. The Hall–Kier alpha value is 1.86. The maximum absolute atomic E-state index is 4.99. The van der Waals surface area contributed by atoms with Gasteiger partial charge in [0.2, 0.25) is 0 Å². The average molecular weight is 328 g/mol. The second kappa shape index (κ2) is 8.86. The summed E-state index contributed by atoms with van der Waals surface area (Å²) in [5.74, 6) is 0. The van der Waals surface area contributed by atoms with Crippen LogP contribution in [0.2, 0.25) is 0 Å². The molecule has 0 aliphatic carbocycles. The Kier molecular flexibility index (Phi) is 18.2. The average Bonchev–Trinajstić information content (AvgIpc) is 1.36. The van der Waals surface area contributed by atoms with Gasteiger partial charge in [-0.1, -0.05) is 46.4 Å². The van der Waals surface area contributed by atoms with Crippen molar-refractivity contribution in [1.29, 1.82) is 0 Å². The smallest absolute Gasteiger partial charge is 0.114 e. The monoisotopic (exact) mass is 324 g/mol. The lowest BCUT2D eigenvalue weighted by Gasteiger charge is -1.75. The standard InChI is InChI=1S/C2Cl4.2BrH/c3-1(4)2(5)6;;/h;2*1H.